The largest absolute Gasteiger partial charge is 0.361 e. The molecule has 0 fully saturated rings. The van der Waals surface area contributed by atoms with Gasteiger partial charge in [-0.2, -0.15) is 0 Å². The summed E-state index contributed by atoms with van der Waals surface area (Å²) >= 11 is 0. The summed E-state index contributed by atoms with van der Waals surface area (Å²) in [6.07, 6.45) is 2.92. The van der Waals surface area contributed by atoms with Crippen molar-refractivity contribution in [3.05, 3.63) is 17.0 Å². The van der Waals surface area contributed by atoms with Gasteiger partial charge < -0.3 is 20.1 Å². The Morgan fingerprint density at radius 3 is 2.46 bits per heavy atom. The molecular weight excluding hydrogens is 302 g/mol. The van der Waals surface area contributed by atoms with Gasteiger partial charge in [0.2, 0.25) is 0 Å². The Morgan fingerprint density at radius 2 is 1.88 bits per heavy atom. The number of likely N-dealkylation sites (N-methyl/N-ethyl adjacent to an activating group) is 1. The minimum atomic E-state index is 0.609. The van der Waals surface area contributed by atoms with Gasteiger partial charge in [-0.25, -0.2) is 4.99 Å². The lowest BCUT2D eigenvalue weighted by Gasteiger charge is -2.20. The first-order valence-electron chi connectivity index (χ1n) is 9.40. The van der Waals surface area contributed by atoms with Crippen molar-refractivity contribution < 1.29 is 4.52 Å². The van der Waals surface area contributed by atoms with Gasteiger partial charge in [-0.15, -0.1) is 0 Å². The Kier molecular flexibility index (Phi) is 10.2. The van der Waals surface area contributed by atoms with Gasteiger partial charge in [0.25, 0.3) is 0 Å². The number of rotatable bonds is 11. The lowest BCUT2D eigenvalue weighted by atomic mass is 10.1. The first-order chi connectivity index (χ1) is 11.7. The Morgan fingerprint density at radius 1 is 1.08 bits per heavy atom. The van der Waals surface area contributed by atoms with Gasteiger partial charge in [0.05, 0.1) is 12.2 Å². The Hall–Kier alpha value is -1.56. The van der Waals surface area contributed by atoms with E-state index in [1.165, 1.54) is 6.42 Å². The van der Waals surface area contributed by atoms with Crippen LogP contribution in [0.5, 0.6) is 0 Å². The number of guanidine groups is 1. The number of nitrogens with one attached hydrogen (secondary N) is 2. The highest BCUT2D eigenvalue weighted by atomic mass is 16.5. The van der Waals surface area contributed by atoms with Crippen LogP contribution in [0.25, 0.3) is 0 Å². The van der Waals surface area contributed by atoms with Gasteiger partial charge in [0.1, 0.15) is 5.76 Å². The quantitative estimate of drug-likeness (QED) is 0.480. The van der Waals surface area contributed by atoms with E-state index < -0.39 is 0 Å². The number of aliphatic imine (C=N–C) groups is 1. The Balaban J connectivity index is 2.64. The molecule has 0 bridgehead atoms. The summed E-state index contributed by atoms with van der Waals surface area (Å²) in [6.45, 7) is 16.3. The molecule has 6 heteroatoms. The van der Waals surface area contributed by atoms with E-state index >= 15 is 0 Å². The second kappa shape index (κ2) is 11.9. The topological polar surface area (TPSA) is 65.7 Å². The maximum Gasteiger partial charge on any atom is 0.191 e. The maximum absolute atomic E-state index is 5.42. The summed E-state index contributed by atoms with van der Waals surface area (Å²) < 4.78 is 5.42. The van der Waals surface area contributed by atoms with Crippen LogP contribution in [0.2, 0.25) is 0 Å². The van der Waals surface area contributed by atoms with Gasteiger partial charge in [-0.05, 0) is 32.9 Å². The second-order valence-corrected chi connectivity index (χ2v) is 5.79. The van der Waals surface area contributed by atoms with Crippen LogP contribution in [0.3, 0.4) is 0 Å². The van der Waals surface area contributed by atoms with Crippen LogP contribution in [-0.4, -0.2) is 48.7 Å². The second-order valence-electron chi connectivity index (χ2n) is 5.79. The first kappa shape index (κ1) is 20.5. The third-order valence-electron chi connectivity index (χ3n) is 4.05. The van der Waals surface area contributed by atoms with Crippen molar-refractivity contribution in [3.8, 4) is 0 Å². The number of hydrogen-bond acceptors (Lipinski definition) is 4. The highest BCUT2D eigenvalue weighted by Gasteiger charge is 2.13. The van der Waals surface area contributed by atoms with Crippen LogP contribution in [0.15, 0.2) is 9.52 Å². The molecule has 0 unspecified atom stereocenters. The zero-order valence-electron chi connectivity index (χ0n) is 16.1. The standard InChI is InChI=1S/C18H35N5O/c1-6-12-23(10-5)13-11-20-18(19-9-4)21-14-15-16(7-2)22-24-17(15)8-3/h6-14H2,1-5H3,(H2,19,20,21). The zero-order valence-corrected chi connectivity index (χ0v) is 16.1. The van der Waals surface area contributed by atoms with Crippen molar-refractivity contribution in [2.24, 2.45) is 4.99 Å². The van der Waals surface area contributed by atoms with Crippen LogP contribution < -0.4 is 10.6 Å². The smallest absolute Gasteiger partial charge is 0.191 e. The van der Waals surface area contributed by atoms with Gasteiger partial charge in [-0.1, -0.05) is 32.9 Å². The molecular formula is C18H35N5O. The van der Waals surface area contributed by atoms with Crippen molar-refractivity contribution in [1.29, 1.82) is 0 Å². The molecule has 0 aliphatic rings. The van der Waals surface area contributed by atoms with E-state index in [9.17, 15) is 0 Å². The van der Waals surface area contributed by atoms with Crippen molar-refractivity contribution in [3.63, 3.8) is 0 Å². The third-order valence-corrected chi connectivity index (χ3v) is 4.05. The highest BCUT2D eigenvalue weighted by Crippen LogP contribution is 2.16. The lowest BCUT2D eigenvalue weighted by molar-refractivity contribution is 0.293. The van der Waals surface area contributed by atoms with E-state index in [0.29, 0.717) is 6.54 Å². The summed E-state index contributed by atoms with van der Waals surface area (Å²) in [6, 6.07) is 0. The van der Waals surface area contributed by atoms with Crippen LogP contribution in [0, 0.1) is 0 Å². The normalized spacial score (nSPS) is 12.0. The molecule has 0 aliphatic heterocycles. The molecule has 0 aliphatic carbocycles. The summed E-state index contributed by atoms with van der Waals surface area (Å²) in [4.78, 5) is 7.16. The zero-order chi connectivity index (χ0) is 17.8. The molecule has 0 amide bonds. The predicted octanol–water partition coefficient (Wildman–Crippen LogP) is 2.59. The summed E-state index contributed by atoms with van der Waals surface area (Å²) in [5.74, 6) is 1.81. The van der Waals surface area contributed by atoms with Gasteiger partial charge in [0, 0.05) is 31.6 Å². The van der Waals surface area contributed by atoms with E-state index in [1.54, 1.807) is 0 Å². The van der Waals surface area contributed by atoms with E-state index in [0.717, 1.165) is 68.5 Å². The summed E-state index contributed by atoms with van der Waals surface area (Å²) in [7, 11) is 0. The molecule has 138 valence electrons. The molecule has 1 rings (SSSR count). The minimum Gasteiger partial charge on any atom is -0.361 e. The third kappa shape index (κ3) is 6.51. The number of nitrogens with zero attached hydrogens (tertiary/aromatic N) is 3. The molecule has 0 saturated carbocycles. The molecule has 0 saturated heterocycles. The maximum atomic E-state index is 5.42. The number of hydrogen-bond donors (Lipinski definition) is 2. The van der Waals surface area contributed by atoms with Gasteiger partial charge in [0.15, 0.2) is 5.96 Å². The highest BCUT2D eigenvalue weighted by molar-refractivity contribution is 5.79. The molecule has 24 heavy (non-hydrogen) atoms. The molecule has 0 aromatic carbocycles. The molecule has 1 aromatic heterocycles. The van der Waals surface area contributed by atoms with Crippen LogP contribution in [-0.2, 0) is 19.4 Å². The van der Waals surface area contributed by atoms with Crippen molar-refractivity contribution in [2.45, 2.75) is 60.4 Å². The van der Waals surface area contributed by atoms with E-state index in [2.05, 4.69) is 55.3 Å². The fourth-order valence-corrected chi connectivity index (χ4v) is 2.69. The summed E-state index contributed by atoms with van der Waals surface area (Å²) in [5.41, 5.74) is 2.16. The van der Waals surface area contributed by atoms with Gasteiger partial charge >= 0.3 is 0 Å². The molecule has 1 aromatic rings. The average molecular weight is 338 g/mol. The van der Waals surface area contributed by atoms with E-state index in [1.807, 2.05) is 0 Å². The molecule has 0 spiro atoms. The summed E-state index contributed by atoms with van der Waals surface area (Å²) in [5, 5.41) is 10.9. The Labute approximate surface area is 147 Å². The number of aromatic nitrogens is 1. The monoisotopic (exact) mass is 337 g/mol. The van der Waals surface area contributed by atoms with Crippen LogP contribution in [0.1, 0.15) is 58.1 Å². The molecule has 0 radical (unpaired) electrons. The van der Waals surface area contributed by atoms with Crippen molar-refractivity contribution >= 4 is 5.96 Å². The Bertz CT molecular complexity index is 462. The number of aryl methyl sites for hydroxylation is 2. The van der Waals surface area contributed by atoms with Crippen molar-refractivity contribution in [1.82, 2.24) is 20.7 Å². The van der Waals surface area contributed by atoms with E-state index in [-0.39, 0.29) is 0 Å². The van der Waals surface area contributed by atoms with Crippen LogP contribution in [0.4, 0.5) is 0 Å². The molecule has 1 heterocycles. The molecule has 2 N–H and O–H groups in total. The first-order valence-corrected chi connectivity index (χ1v) is 9.40. The fraction of sp³-hybridized carbons (Fsp3) is 0.778. The lowest BCUT2D eigenvalue weighted by Crippen LogP contribution is -2.41. The minimum absolute atomic E-state index is 0.609. The molecule has 0 atom stereocenters. The molecule has 6 nitrogen and oxygen atoms in total. The van der Waals surface area contributed by atoms with Crippen molar-refractivity contribution in [2.75, 3.05) is 32.7 Å². The van der Waals surface area contributed by atoms with E-state index in [4.69, 9.17) is 9.52 Å². The van der Waals surface area contributed by atoms with Crippen LogP contribution >= 0.6 is 0 Å². The van der Waals surface area contributed by atoms with Gasteiger partial charge in [-0.3, -0.25) is 0 Å². The average Bonchev–Trinajstić information content (AvgIpc) is 3.00. The predicted molar refractivity (Wildman–Crippen MR) is 100 cm³/mol. The SMILES string of the molecule is CCCN(CC)CCNC(=NCc1c(CC)noc1CC)NCC. The fourth-order valence-electron chi connectivity index (χ4n) is 2.69.